The van der Waals surface area contributed by atoms with Crippen LogP contribution in [-0.2, 0) is 4.79 Å². The monoisotopic (exact) mass is 267 g/mol. The third-order valence-electron chi connectivity index (χ3n) is 2.68. The van der Waals surface area contributed by atoms with Gasteiger partial charge in [-0.05, 0) is 37.5 Å². The number of carbonyl (C=O) groups is 1. The largest absolute Gasteiger partial charge is 0.480 e. The van der Waals surface area contributed by atoms with Crippen molar-refractivity contribution in [3.63, 3.8) is 0 Å². The average molecular weight is 268 g/mol. The molecule has 1 aromatic carbocycles. The summed E-state index contributed by atoms with van der Waals surface area (Å²) in [4.78, 5) is 11.3. The van der Waals surface area contributed by atoms with Gasteiger partial charge in [-0.15, -0.1) is 18.8 Å². The fourth-order valence-corrected chi connectivity index (χ4v) is 2.12. The van der Waals surface area contributed by atoms with E-state index in [1.165, 1.54) is 0 Å². The second-order valence-corrected chi connectivity index (χ2v) is 4.17. The summed E-state index contributed by atoms with van der Waals surface area (Å²) in [5, 5.41) is 12.1. The Kier molecular flexibility index (Phi) is 6.46. The van der Waals surface area contributed by atoms with Crippen LogP contribution in [0.1, 0.15) is 28.3 Å². The molecule has 0 fully saturated rings. The minimum absolute atomic E-state index is 0. The maximum absolute atomic E-state index is 11.3. The van der Waals surface area contributed by atoms with Gasteiger partial charge in [0.25, 0.3) is 0 Å². The molecule has 1 aromatic rings. The van der Waals surface area contributed by atoms with Crippen LogP contribution in [0.3, 0.4) is 0 Å². The fourth-order valence-electron chi connectivity index (χ4n) is 2.12. The number of aryl methyl sites for hydroxylation is 3. The van der Waals surface area contributed by atoms with Crippen molar-refractivity contribution in [3.05, 3.63) is 34.4 Å². The molecule has 0 aromatic heterocycles. The fraction of sp³-hybridized carbons (Fsp3) is 0.357. The Morgan fingerprint density at radius 2 is 1.89 bits per heavy atom. The molecule has 0 aliphatic rings. The summed E-state index contributed by atoms with van der Waals surface area (Å²) in [6, 6.07) is 3.22. The highest BCUT2D eigenvalue weighted by molar-refractivity contribution is 5.85. The first-order valence-corrected chi connectivity index (χ1v) is 5.44. The highest BCUT2D eigenvalue weighted by Gasteiger charge is 2.22. The Hall–Kier alpha value is -1.50. The number of hydrogen-bond donors (Lipinski definition) is 2. The molecule has 0 saturated heterocycles. The SMILES string of the molecule is C#CCNC(C(=O)O)c1c(C)cc(C)cc1C.Cl. The lowest BCUT2D eigenvalue weighted by molar-refractivity contribution is -0.139. The van der Waals surface area contributed by atoms with Gasteiger partial charge in [-0.2, -0.15) is 0 Å². The molecule has 1 atom stereocenters. The second kappa shape index (κ2) is 7.05. The molecule has 2 N–H and O–H groups in total. The van der Waals surface area contributed by atoms with Gasteiger partial charge in [-0.1, -0.05) is 23.6 Å². The molecule has 18 heavy (non-hydrogen) atoms. The molecule has 0 aliphatic heterocycles. The Balaban J connectivity index is 0.00000289. The Morgan fingerprint density at radius 3 is 2.28 bits per heavy atom. The maximum atomic E-state index is 11.3. The summed E-state index contributed by atoms with van der Waals surface area (Å²) in [5.41, 5.74) is 3.88. The predicted octanol–water partition coefficient (Wildman–Crippen LogP) is 2.38. The van der Waals surface area contributed by atoms with Crippen molar-refractivity contribution < 1.29 is 9.90 Å². The Labute approximate surface area is 114 Å². The van der Waals surface area contributed by atoms with Gasteiger partial charge < -0.3 is 5.11 Å². The van der Waals surface area contributed by atoms with Gasteiger partial charge in [-0.3, -0.25) is 10.1 Å². The number of terminal acetylenes is 1. The van der Waals surface area contributed by atoms with Gasteiger partial charge in [0.15, 0.2) is 0 Å². The van der Waals surface area contributed by atoms with Crippen molar-refractivity contribution in [2.45, 2.75) is 26.8 Å². The van der Waals surface area contributed by atoms with E-state index in [2.05, 4.69) is 11.2 Å². The average Bonchev–Trinajstić information content (AvgIpc) is 2.20. The van der Waals surface area contributed by atoms with Crippen molar-refractivity contribution >= 4 is 18.4 Å². The predicted molar refractivity (Wildman–Crippen MR) is 75.1 cm³/mol. The number of hydrogen-bond acceptors (Lipinski definition) is 2. The first-order chi connectivity index (χ1) is 7.97. The molecule has 3 nitrogen and oxygen atoms in total. The lowest BCUT2D eigenvalue weighted by Crippen LogP contribution is -2.30. The first-order valence-electron chi connectivity index (χ1n) is 5.44. The highest BCUT2D eigenvalue weighted by Crippen LogP contribution is 2.23. The molecule has 0 bridgehead atoms. The number of carboxylic acids is 1. The van der Waals surface area contributed by atoms with Crippen LogP contribution in [0.15, 0.2) is 12.1 Å². The number of nitrogens with one attached hydrogen (secondary N) is 1. The van der Waals surface area contributed by atoms with E-state index in [1.54, 1.807) is 0 Å². The molecule has 0 radical (unpaired) electrons. The maximum Gasteiger partial charge on any atom is 0.325 e. The van der Waals surface area contributed by atoms with Crippen LogP contribution >= 0.6 is 12.4 Å². The van der Waals surface area contributed by atoms with E-state index < -0.39 is 12.0 Å². The van der Waals surface area contributed by atoms with E-state index in [-0.39, 0.29) is 19.0 Å². The smallest absolute Gasteiger partial charge is 0.325 e. The standard InChI is InChI=1S/C14H17NO2.ClH/c1-5-6-15-13(14(16)17)12-10(3)7-9(2)8-11(12)4;/h1,7-8,13,15H,6H2,2-4H3,(H,16,17);1H. The third kappa shape index (κ3) is 3.76. The molecule has 4 heteroatoms. The van der Waals surface area contributed by atoms with Crippen LogP contribution < -0.4 is 5.32 Å². The number of aliphatic carboxylic acids is 1. The van der Waals surface area contributed by atoms with E-state index in [4.69, 9.17) is 6.42 Å². The zero-order chi connectivity index (χ0) is 13.0. The van der Waals surface area contributed by atoms with Crippen molar-refractivity contribution in [1.82, 2.24) is 5.32 Å². The van der Waals surface area contributed by atoms with Gasteiger partial charge >= 0.3 is 5.97 Å². The molecule has 0 aliphatic carbocycles. The van der Waals surface area contributed by atoms with Gasteiger partial charge in [0.1, 0.15) is 6.04 Å². The van der Waals surface area contributed by atoms with E-state index in [0.29, 0.717) is 0 Å². The van der Waals surface area contributed by atoms with Crippen molar-refractivity contribution in [1.29, 1.82) is 0 Å². The van der Waals surface area contributed by atoms with E-state index >= 15 is 0 Å². The zero-order valence-corrected chi connectivity index (χ0v) is 11.6. The van der Waals surface area contributed by atoms with Gasteiger partial charge in [0.2, 0.25) is 0 Å². The molecule has 98 valence electrons. The lowest BCUT2D eigenvalue weighted by atomic mass is 9.94. The number of halogens is 1. The van der Waals surface area contributed by atoms with E-state index in [1.807, 2.05) is 32.9 Å². The van der Waals surface area contributed by atoms with Crippen LogP contribution in [0.4, 0.5) is 0 Å². The Morgan fingerprint density at radius 1 is 1.39 bits per heavy atom. The summed E-state index contributed by atoms with van der Waals surface area (Å²) in [6.45, 7) is 6.07. The van der Waals surface area contributed by atoms with Crippen molar-refractivity contribution in [2.75, 3.05) is 6.54 Å². The minimum atomic E-state index is -0.907. The van der Waals surface area contributed by atoms with Gasteiger partial charge in [0.05, 0.1) is 6.54 Å². The normalized spacial score (nSPS) is 11.2. The quantitative estimate of drug-likeness (QED) is 0.824. The van der Waals surface area contributed by atoms with Crippen LogP contribution in [0.5, 0.6) is 0 Å². The Bertz CT molecular complexity index is 454. The zero-order valence-electron chi connectivity index (χ0n) is 10.8. The summed E-state index contributed by atoms with van der Waals surface area (Å²) in [6.07, 6.45) is 5.15. The van der Waals surface area contributed by atoms with Crippen molar-refractivity contribution in [2.24, 2.45) is 0 Å². The first kappa shape index (κ1) is 16.5. The summed E-state index contributed by atoms with van der Waals surface area (Å²) < 4.78 is 0. The number of carboxylic acid groups (broad SMARTS) is 1. The van der Waals surface area contributed by atoms with Crippen LogP contribution in [0, 0.1) is 33.1 Å². The van der Waals surface area contributed by atoms with E-state index in [0.717, 1.165) is 22.3 Å². The molecule has 0 heterocycles. The topological polar surface area (TPSA) is 49.3 Å². The summed E-state index contributed by atoms with van der Waals surface area (Å²) >= 11 is 0. The summed E-state index contributed by atoms with van der Waals surface area (Å²) in [5.74, 6) is 1.49. The van der Waals surface area contributed by atoms with Gasteiger partial charge in [0, 0.05) is 0 Å². The lowest BCUT2D eigenvalue weighted by Gasteiger charge is -2.19. The highest BCUT2D eigenvalue weighted by atomic mass is 35.5. The molecule has 1 rings (SSSR count). The molecule has 0 saturated carbocycles. The summed E-state index contributed by atoms with van der Waals surface area (Å²) in [7, 11) is 0. The second-order valence-electron chi connectivity index (χ2n) is 4.17. The van der Waals surface area contributed by atoms with Crippen LogP contribution in [-0.4, -0.2) is 17.6 Å². The molecular weight excluding hydrogens is 250 g/mol. The van der Waals surface area contributed by atoms with Crippen LogP contribution in [0.2, 0.25) is 0 Å². The molecule has 0 amide bonds. The minimum Gasteiger partial charge on any atom is -0.480 e. The van der Waals surface area contributed by atoms with Crippen molar-refractivity contribution in [3.8, 4) is 12.3 Å². The van der Waals surface area contributed by atoms with Crippen LogP contribution in [0.25, 0.3) is 0 Å². The molecular formula is C14H18ClNO2. The number of benzene rings is 1. The molecule has 1 unspecified atom stereocenters. The third-order valence-corrected chi connectivity index (χ3v) is 2.68. The van der Waals surface area contributed by atoms with Gasteiger partial charge in [-0.25, -0.2) is 0 Å². The number of rotatable bonds is 4. The van der Waals surface area contributed by atoms with E-state index in [9.17, 15) is 9.90 Å². The molecule has 0 spiro atoms.